The first kappa shape index (κ1) is 17.5. The summed E-state index contributed by atoms with van der Waals surface area (Å²) in [6.45, 7) is 5.38. The number of benzene rings is 1. The van der Waals surface area contributed by atoms with Gasteiger partial charge in [-0.15, -0.1) is 0 Å². The van der Waals surface area contributed by atoms with Crippen molar-refractivity contribution in [2.45, 2.75) is 51.9 Å². The van der Waals surface area contributed by atoms with Gasteiger partial charge >= 0.3 is 0 Å². The highest BCUT2D eigenvalue weighted by Crippen LogP contribution is 2.46. The number of ether oxygens (including phenoxy) is 1. The Bertz CT molecular complexity index is 612. The first-order valence-electron chi connectivity index (χ1n) is 7.50. The van der Waals surface area contributed by atoms with Crippen molar-refractivity contribution in [2.75, 3.05) is 18.8 Å². The molecule has 1 aromatic rings. The number of rotatable bonds is 2. The van der Waals surface area contributed by atoms with Crippen LogP contribution in [-0.4, -0.2) is 39.7 Å². The summed E-state index contributed by atoms with van der Waals surface area (Å²) in [4.78, 5) is 12.8. The summed E-state index contributed by atoms with van der Waals surface area (Å²) in [5.74, 6) is 0.523. The predicted octanol–water partition coefficient (Wildman–Crippen LogP) is 2.48. The number of nitro benzene ring substituents is 1. The Balaban J connectivity index is 0.00000192. The van der Waals surface area contributed by atoms with Crippen LogP contribution in [0.2, 0.25) is 0 Å². The number of nitrogen functional groups attached to an aromatic ring is 1. The van der Waals surface area contributed by atoms with Crippen LogP contribution in [0.4, 0.5) is 11.4 Å². The first-order valence-corrected chi connectivity index (χ1v) is 7.50. The Morgan fingerprint density at radius 3 is 2.57 bits per heavy atom. The SMILES string of the molecule is C.CC1(C)Oc2cc(N)c([N+](=O)[O-])cc2[C@@H](N2CCCC2)[C@@H]1O. The van der Waals surface area contributed by atoms with Gasteiger partial charge in [-0.2, -0.15) is 0 Å². The van der Waals surface area contributed by atoms with Gasteiger partial charge in [0, 0.05) is 17.7 Å². The molecule has 7 heteroatoms. The van der Waals surface area contributed by atoms with E-state index in [9.17, 15) is 15.2 Å². The molecule has 23 heavy (non-hydrogen) atoms. The number of nitro groups is 1. The summed E-state index contributed by atoms with van der Waals surface area (Å²) < 4.78 is 5.86. The van der Waals surface area contributed by atoms with Gasteiger partial charge in [0.25, 0.3) is 5.69 Å². The molecule has 0 unspecified atom stereocenters. The average Bonchev–Trinajstić information content (AvgIpc) is 2.93. The van der Waals surface area contributed by atoms with Crippen LogP contribution in [0.5, 0.6) is 5.75 Å². The van der Waals surface area contributed by atoms with E-state index >= 15 is 0 Å². The zero-order valence-corrected chi connectivity index (χ0v) is 12.8. The van der Waals surface area contributed by atoms with E-state index in [2.05, 4.69) is 4.90 Å². The standard InChI is InChI=1S/C15H21N3O4.CH4/c1-15(2)14(19)13(17-5-3-4-6-17)9-7-11(18(20)21)10(16)8-12(9)22-15;/h7-8,13-14,19H,3-6,16H2,1-2H3;1H4/t13-,14+;/m1./s1. The molecule has 2 aliphatic heterocycles. The summed E-state index contributed by atoms with van der Waals surface area (Å²) >= 11 is 0. The molecule has 0 spiro atoms. The molecule has 3 N–H and O–H groups in total. The van der Waals surface area contributed by atoms with Crippen molar-refractivity contribution in [1.29, 1.82) is 0 Å². The van der Waals surface area contributed by atoms with E-state index in [0.717, 1.165) is 25.9 Å². The van der Waals surface area contributed by atoms with Gasteiger partial charge in [-0.1, -0.05) is 7.43 Å². The maximum atomic E-state index is 11.2. The minimum absolute atomic E-state index is 0. The van der Waals surface area contributed by atoms with Crippen molar-refractivity contribution in [1.82, 2.24) is 4.90 Å². The normalized spacial score (nSPS) is 26.0. The van der Waals surface area contributed by atoms with Gasteiger partial charge in [0.1, 0.15) is 23.1 Å². The fourth-order valence-corrected chi connectivity index (χ4v) is 3.39. The molecule has 2 atom stereocenters. The molecule has 0 aliphatic carbocycles. The zero-order chi connectivity index (χ0) is 16.1. The maximum Gasteiger partial charge on any atom is 0.292 e. The lowest BCUT2D eigenvalue weighted by Crippen LogP contribution is -2.53. The Labute approximate surface area is 136 Å². The van der Waals surface area contributed by atoms with E-state index in [-0.39, 0.29) is 24.8 Å². The molecule has 128 valence electrons. The monoisotopic (exact) mass is 323 g/mol. The molecule has 0 aromatic heterocycles. The van der Waals surface area contributed by atoms with Crippen molar-refractivity contribution in [3.05, 3.63) is 27.8 Å². The molecule has 1 aromatic carbocycles. The second kappa shape index (κ2) is 5.98. The number of hydrogen-bond donors (Lipinski definition) is 2. The van der Waals surface area contributed by atoms with Crippen LogP contribution in [0, 0.1) is 10.1 Å². The number of likely N-dealkylation sites (tertiary alicyclic amines) is 1. The molecule has 0 amide bonds. The number of hydrogen-bond acceptors (Lipinski definition) is 6. The van der Waals surface area contributed by atoms with E-state index in [1.54, 1.807) is 0 Å². The topological polar surface area (TPSA) is 102 Å². The van der Waals surface area contributed by atoms with Crippen LogP contribution in [0.3, 0.4) is 0 Å². The first-order chi connectivity index (χ1) is 10.3. The molecule has 0 bridgehead atoms. The summed E-state index contributed by atoms with van der Waals surface area (Å²) in [5, 5.41) is 21.9. The van der Waals surface area contributed by atoms with Gasteiger partial charge in [0.15, 0.2) is 0 Å². The van der Waals surface area contributed by atoms with Crippen LogP contribution in [0.15, 0.2) is 12.1 Å². The minimum atomic E-state index is -0.775. The zero-order valence-electron chi connectivity index (χ0n) is 12.8. The number of aliphatic hydroxyl groups excluding tert-OH is 1. The average molecular weight is 323 g/mol. The molecule has 7 nitrogen and oxygen atoms in total. The van der Waals surface area contributed by atoms with E-state index in [0.29, 0.717) is 11.3 Å². The third-order valence-corrected chi connectivity index (χ3v) is 4.59. The number of anilines is 1. The van der Waals surface area contributed by atoms with Gasteiger partial charge in [0.05, 0.1) is 11.0 Å². The van der Waals surface area contributed by atoms with Gasteiger partial charge in [-0.05, 0) is 39.8 Å². The van der Waals surface area contributed by atoms with Crippen molar-refractivity contribution in [3.63, 3.8) is 0 Å². The molecule has 2 aliphatic rings. The van der Waals surface area contributed by atoms with E-state index in [1.807, 2.05) is 13.8 Å². The van der Waals surface area contributed by atoms with Crippen molar-refractivity contribution >= 4 is 11.4 Å². The number of nitrogens with two attached hydrogens (primary N) is 1. The minimum Gasteiger partial charge on any atom is -0.485 e. The Hall–Kier alpha value is -1.86. The smallest absolute Gasteiger partial charge is 0.292 e. The highest BCUT2D eigenvalue weighted by Gasteiger charge is 2.46. The lowest BCUT2D eigenvalue weighted by atomic mass is 9.85. The predicted molar refractivity (Wildman–Crippen MR) is 88.5 cm³/mol. The molecule has 0 radical (unpaired) electrons. The quantitative estimate of drug-likeness (QED) is 0.492. The van der Waals surface area contributed by atoms with Crippen LogP contribution in [0.1, 0.15) is 45.7 Å². The highest BCUT2D eigenvalue weighted by molar-refractivity contribution is 5.65. The van der Waals surface area contributed by atoms with Crippen LogP contribution in [0.25, 0.3) is 0 Å². The molecule has 1 fully saturated rings. The molecule has 3 rings (SSSR count). The van der Waals surface area contributed by atoms with E-state index in [4.69, 9.17) is 10.5 Å². The number of aliphatic hydroxyl groups is 1. The Morgan fingerprint density at radius 1 is 1.39 bits per heavy atom. The largest absolute Gasteiger partial charge is 0.485 e. The lowest BCUT2D eigenvalue weighted by Gasteiger charge is -2.45. The van der Waals surface area contributed by atoms with Crippen molar-refractivity contribution < 1.29 is 14.8 Å². The van der Waals surface area contributed by atoms with Gasteiger partial charge in [-0.3, -0.25) is 15.0 Å². The molecule has 1 saturated heterocycles. The summed E-state index contributed by atoms with van der Waals surface area (Å²) in [5.41, 5.74) is 5.58. The Kier molecular flexibility index (Phi) is 4.54. The maximum absolute atomic E-state index is 11.2. The van der Waals surface area contributed by atoms with Crippen LogP contribution in [-0.2, 0) is 0 Å². The third-order valence-electron chi connectivity index (χ3n) is 4.59. The third kappa shape index (κ3) is 2.86. The molecular formula is C16H25N3O4. The fourth-order valence-electron chi connectivity index (χ4n) is 3.39. The van der Waals surface area contributed by atoms with Gasteiger partial charge in [-0.25, -0.2) is 0 Å². The summed E-state index contributed by atoms with van der Waals surface area (Å²) in [6.07, 6.45) is 1.37. The summed E-state index contributed by atoms with van der Waals surface area (Å²) in [6, 6.07) is 2.65. The van der Waals surface area contributed by atoms with Crippen LogP contribution >= 0.6 is 0 Å². The summed E-state index contributed by atoms with van der Waals surface area (Å²) in [7, 11) is 0. The Morgan fingerprint density at radius 2 is 2.00 bits per heavy atom. The number of nitrogens with zero attached hydrogens (tertiary/aromatic N) is 2. The van der Waals surface area contributed by atoms with E-state index < -0.39 is 16.6 Å². The second-order valence-corrected chi connectivity index (χ2v) is 6.54. The molecular weight excluding hydrogens is 298 g/mol. The van der Waals surface area contributed by atoms with Crippen LogP contribution < -0.4 is 10.5 Å². The van der Waals surface area contributed by atoms with Crippen molar-refractivity contribution in [3.8, 4) is 5.75 Å². The second-order valence-electron chi connectivity index (χ2n) is 6.54. The molecule has 2 heterocycles. The van der Waals surface area contributed by atoms with Gasteiger partial charge < -0.3 is 15.6 Å². The lowest BCUT2D eigenvalue weighted by molar-refractivity contribution is -0.384. The van der Waals surface area contributed by atoms with E-state index in [1.165, 1.54) is 12.1 Å². The number of fused-ring (bicyclic) bond motifs is 1. The highest BCUT2D eigenvalue weighted by atomic mass is 16.6. The fraction of sp³-hybridized carbons (Fsp3) is 0.625. The van der Waals surface area contributed by atoms with Crippen molar-refractivity contribution in [2.24, 2.45) is 0 Å². The molecule has 0 saturated carbocycles. The van der Waals surface area contributed by atoms with Gasteiger partial charge in [0.2, 0.25) is 0 Å².